The molecule has 1 aliphatic heterocycles. The fourth-order valence-electron chi connectivity index (χ4n) is 2.09. The maximum Gasteiger partial charge on any atom is 0.147 e. The molecule has 0 unspecified atom stereocenters. The van der Waals surface area contributed by atoms with Crippen molar-refractivity contribution in [3.63, 3.8) is 0 Å². The maximum atomic E-state index is 11.1. The molecule has 2 rings (SSSR count). The number of hydrogen-bond donors (Lipinski definition) is 1. The lowest BCUT2D eigenvalue weighted by Crippen LogP contribution is -2.35. The first-order chi connectivity index (χ1) is 8.06. The molecule has 0 atom stereocenters. The van der Waals surface area contributed by atoms with Crippen molar-refractivity contribution in [1.82, 2.24) is 0 Å². The first-order valence-electron chi connectivity index (χ1n) is 5.82. The molecule has 4 nitrogen and oxygen atoms in total. The molecule has 1 aromatic rings. The van der Waals surface area contributed by atoms with Gasteiger partial charge in [-0.3, -0.25) is 0 Å². The van der Waals surface area contributed by atoms with Crippen molar-refractivity contribution < 1.29 is 8.42 Å². The predicted molar refractivity (Wildman–Crippen MR) is 71.5 cm³/mol. The summed E-state index contributed by atoms with van der Waals surface area (Å²) in [5, 5.41) is 3.34. The van der Waals surface area contributed by atoms with Crippen LogP contribution in [0.15, 0.2) is 24.3 Å². The van der Waals surface area contributed by atoms with E-state index in [0.717, 1.165) is 25.3 Å². The van der Waals surface area contributed by atoms with E-state index in [1.165, 1.54) is 11.9 Å². The van der Waals surface area contributed by atoms with E-state index in [-0.39, 0.29) is 5.75 Å². The zero-order chi connectivity index (χ0) is 12.3. The fourth-order valence-corrected chi connectivity index (χ4v) is 2.75. The second-order valence-corrected chi connectivity index (χ2v) is 6.67. The van der Waals surface area contributed by atoms with Gasteiger partial charge in [-0.05, 0) is 18.6 Å². The summed E-state index contributed by atoms with van der Waals surface area (Å²) in [5.74, 6) is 0.263. The Labute approximate surface area is 103 Å². The fraction of sp³-hybridized carbons (Fsp3) is 0.500. The molecule has 94 valence electrons. The van der Waals surface area contributed by atoms with Gasteiger partial charge in [-0.25, -0.2) is 8.42 Å². The van der Waals surface area contributed by atoms with Crippen molar-refractivity contribution in [2.45, 2.75) is 6.42 Å². The van der Waals surface area contributed by atoms with Crippen molar-refractivity contribution in [3.05, 3.63) is 24.3 Å². The van der Waals surface area contributed by atoms with Gasteiger partial charge >= 0.3 is 0 Å². The normalized spacial score (nSPS) is 15.2. The molecule has 0 amide bonds. The highest BCUT2D eigenvalue weighted by Crippen LogP contribution is 2.28. The van der Waals surface area contributed by atoms with Crippen molar-refractivity contribution >= 4 is 21.2 Å². The van der Waals surface area contributed by atoms with Gasteiger partial charge in [-0.2, -0.15) is 0 Å². The lowest BCUT2D eigenvalue weighted by Gasteiger charge is -2.32. The van der Waals surface area contributed by atoms with E-state index in [9.17, 15) is 8.42 Å². The summed E-state index contributed by atoms with van der Waals surface area (Å²) in [5.41, 5.74) is 2.31. The van der Waals surface area contributed by atoms with Crippen LogP contribution in [0.1, 0.15) is 6.42 Å². The number of nitrogens with one attached hydrogen (secondary N) is 1. The monoisotopic (exact) mass is 254 g/mol. The number of hydrogen-bond acceptors (Lipinski definition) is 4. The van der Waals surface area contributed by atoms with E-state index in [2.05, 4.69) is 22.3 Å². The minimum Gasteiger partial charge on any atom is -0.382 e. The average molecular weight is 254 g/mol. The van der Waals surface area contributed by atoms with Gasteiger partial charge in [0.05, 0.1) is 17.1 Å². The number of benzene rings is 1. The van der Waals surface area contributed by atoms with Gasteiger partial charge in [0.15, 0.2) is 0 Å². The molecule has 0 fully saturated rings. The van der Waals surface area contributed by atoms with Crippen LogP contribution in [0.3, 0.4) is 0 Å². The Morgan fingerprint density at radius 1 is 1.35 bits per heavy atom. The van der Waals surface area contributed by atoms with Crippen LogP contribution in [0.25, 0.3) is 0 Å². The second kappa shape index (κ2) is 4.96. The third kappa shape index (κ3) is 3.36. The van der Waals surface area contributed by atoms with Crippen molar-refractivity contribution in [1.29, 1.82) is 0 Å². The van der Waals surface area contributed by atoms with Crippen molar-refractivity contribution in [2.75, 3.05) is 41.9 Å². The Hall–Kier alpha value is -1.23. The minimum absolute atomic E-state index is 0.263. The van der Waals surface area contributed by atoms with Crippen LogP contribution in [0.5, 0.6) is 0 Å². The smallest absolute Gasteiger partial charge is 0.147 e. The molecule has 0 saturated heterocycles. The Morgan fingerprint density at radius 2 is 2.12 bits per heavy atom. The first-order valence-corrected chi connectivity index (χ1v) is 7.88. The van der Waals surface area contributed by atoms with Crippen LogP contribution in [0, 0.1) is 0 Å². The van der Waals surface area contributed by atoms with Crippen LogP contribution >= 0.6 is 0 Å². The SMILES string of the molecule is CS(=O)(=O)CCCN1CCNc2ccccc21. The summed E-state index contributed by atoms with van der Waals surface area (Å²) in [6.45, 7) is 2.64. The lowest BCUT2D eigenvalue weighted by atomic mass is 10.2. The van der Waals surface area contributed by atoms with Crippen LogP contribution in [0.4, 0.5) is 11.4 Å². The molecule has 1 N–H and O–H groups in total. The molecule has 1 aromatic carbocycles. The predicted octanol–water partition coefficient (Wildman–Crippen LogP) is 1.35. The molecule has 0 aliphatic carbocycles. The Balaban J connectivity index is 1.99. The van der Waals surface area contributed by atoms with E-state index in [0.29, 0.717) is 6.42 Å². The van der Waals surface area contributed by atoms with Gasteiger partial charge in [0.2, 0.25) is 0 Å². The first kappa shape index (κ1) is 12.2. The van der Waals surface area contributed by atoms with Gasteiger partial charge in [0.25, 0.3) is 0 Å². The highest BCUT2D eigenvalue weighted by Gasteiger charge is 2.15. The second-order valence-electron chi connectivity index (χ2n) is 4.41. The van der Waals surface area contributed by atoms with Crippen LogP contribution in [-0.4, -0.2) is 40.1 Å². The van der Waals surface area contributed by atoms with E-state index in [4.69, 9.17) is 0 Å². The van der Waals surface area contributed by atoms with E-state index < -0.39 is 9.84 Å². The molecule has 1 aliphatic rings. The number of anilines is 2. The maximum absolute atomic E-state index is 11.1. The standard InChI is InChI=1S/C12H18N2O2S/c1-17(15,16)10-4-8-14-9-7-13-11-5-2-3-6-12(11)14/h2-3,5-6,13H,4,7-10H2,1H3. The van der Waals surface area contributed by atoms with Gasteiger partial charge in [-0.1, -0.05) is 12.1 Å². The highest BCUT2D eigenvalue weighted by molar-refractivity contribution is 7.90. The Bertz CT molecular complexity index is 485. The van der Waals surface area contributed by atoms with E-state index >= 15 is 0 Å². The number of para-hydroxylation sites is 2. The average Bonchev–Trinajstić information content (AvgIpc) is 2.28. The van der Waals surface area contributed by atoms with Crippen molar-refractivity contribution in [3.8, 4) is 0 Å². The van der Waals surface area contributed by atoms with E-state index in [1.807, 2.05) is 12.1 Å². The summed E-state index contributed by atoms with van der Waals surface area (Å²) in [7, 11) is -2.84. The third-order valence-corrected chi connectivity index (χ3v) is 3.92. The van der Waals surface area contributed by atoms with Gasteiger partial charge in [0.1, 0.15) is 9.84 Å². The molecule has 0 bridgehead atoms. The third-order valence-electron chi connectivity index (χ3n) is 2.89. The zero-order valence-electron chi connectivity index (χ0n) is 10.0. The molecule has 17 heavy (non-hydrogen) atoms. The van der Waals surface area contributed by atoms with Crippen LogP contribution < -0.4 is 10.2 Å². The zero-order valence-corrected chi connectivity index (χ0v) is 10.8. The lowest BCUT2D eigenvalue weighted by molar-refractivity contribution is 0.598. The van der Waals surface area contributed by atoms with Gasteiger partial charge in [0, 0.05) is 25.9 Å². The molecular formula is C12H18N2O2S. The number of fused-ring (bicyclic) bond motifs is 1. The highest BCUT2D eigenvalue weighted by atomic mass is 32.2. The number of nitrogens with zero attached hydrogens (tertiary/aromatic N) is 1. The van der Waals surface area contributed by atoms with Crippen molar-refractivity contribution in [2.24, 2.45) is 0 Å². The molecule has 0 aromatic heterocycles. The topological polar surface area (TPSA) is 49.4 Å². The molecular weight excluding hydrogens is 236 g/mol. The summed E-state index contributed by atoms with van der Waals surface area (Å²) >= 11 is 0. The summed E-state index contributed by atoms with van der Waals surface area (Å²) in [6.07, 6.45) is 1.98. The number of sulfone groups is 1. The quantitative estimate of drug-likeness (QED) is 0.881. The van der Waals surface area contributed by atoms with Gasteiger partial charge in [-0.15, -0.1) is 0 Å². The molecule has 0 saturated carbocycles. The van der Waals surface area contributed by atoms with E-state index in [1.54, 1.807) is 0 Å². The molecule has 0 spiro atoms. The molecule has 1 heterocycles. The summed E-state index contributed by atoms with van der Waals surface area (Å²) in [6, 6.07) is 8.14. The minimum atomic E-state index is -2.84. The summed E-state index contributed by atoms with van der Waals surface area (Å²) < 4.78 is 22.2. The molecule has 5 heteroatoms. The summed E-state index contributed by atoms with van der Waals surface area (Å²) in [4.78, 5) is 2.25. The van der Waals surface area contributed by atoms with Crippen LogP contribution in [0.2, 0.25) is 0 Å². The largest absolute Gasteiger partial charge is 0.382 e. The molecule has 0 radical (unpaired) electrons. The Morgan fingerprint density at radius 3 is 2.88 bits per heavy atom. The van der Waals surface area contributed by atoms with Crippen LogP contribution in [-0.2, 0) is 9.84 Å². The number of rotatable bonds is 4. The van der Waals surface area contributed by atoms with Gasteiger partial charge < -0.3 is 10.2 Å². The Kier molecular flexibility index (Phi) is 3.57.